The van der Waals surface area contributed by atoms with Crippen LogP contribution < -0.4 is 10.1 Å². The SMILES string of the molecule is C[C@H]1CN(C(=O)Nc2cccc(OC(F)(F)F)c2)C[C@H](C)O1. The van der Waals surface area contributed by atoms with Crippen LogP contribution in [-0.4, -0.2) is 42.6 Å². The summed E-state index contributed by atoms with van der Waals surface area (Å²) in [5.74, 6) is -0.381. The lowest BCUT2D eigenvalue weighted by Gasteiger charge is -2.35. The summed E-state index contributed by atoms with van der Waals surface area (Å²) in [6, 6.07) is 4.78. The highest BCUT2D eigenvalue weighted by Crippen LogP contribution is 2.25. The van der Waals surface area contributed by atoms with Crippen molar-refractivity contribution in [3.63, 3.8) is 0 Å². The van der Waals surface area contributed by atoms with Crippen LogP contribution in [0.1, 0.15) is 13.8 Å². The normalized spacial score (nSPS) is 22.3. The lowest BCUT2D eigenvalue weighted by atomic mass is 10.2. The number of morpholine rings is 1. The maximum atomic E-state index is 12.2. The molecule has 5 nitrogen and oxygen atoms in total. The fourth-order valence-corrected chi connectivity index (χ4v) is 2.32. The standard InChI is InChI=1S/C14H17F3N2O3/c1-9-7-19(8-10(2)21-9)13(20)18-11-4-3-5-12(6-11)22-14(15,16)17/h3-6,9-10H,7-8H2,1-2H3,(H,18,20)/t9-,10-/m0/s1. The lowest BCUT2D eigenvalue weighted by Crippen LogP contribution is -2.49. The van der Waals surface area contributed by atoms with Gasteiger partial charge in [0.1, 0.15) is 5.75 Å². The minimum atomic E-state index is -4.77. The molecule has 1 fully saturated rings. The van der Waals surface area contributed by atoms with Gasteiger partial charge in [-0.15, -0.1) is 13.2 Å². The van der Waals surface area contributed by atoms with E-state index in [-0.39, 0.29) is 29.7 Å². The van der Waals surface area contributed by atoms with Crippen molar-refractivity contribution in [2.75, 3.05) is 18.4 Å². The minimum absolute atomic E-state index is 0.0885. The van der Waals surface area contributed by atoms with Crippen LogP contribution in [0, 0.1) is 0 Å². The number of rotatable bonds is 2. The number of nitrogens with zero attached hydrogens (tertiary/aromatic N) is 1. The van der Waals surface area contributed by atoms with Crippen LogP contribution in [0.15, 0.2) is 24.3 Å². The zero-order chi connectivity index (χ0) is 16.3. The van der Waals surface area contributed by atoms with Crippen molar-refractivity contribution in [2.24, 2.45) is 0 Å². The van der Waals surface area contributed by atoms with Gasteiger partial charge in [-0.05, 0) is 26.0 Å². The van der Waals surface area contributed by atoms with Gasteiger partial charge in [-0.2, -0.15) is 0 Å². The van der Waals surface area contributed by atoms with Gasteiger partial charge in [0.2, 0.25) is 0 Å². The summed E-state index contributed by atoms with van der Waals surface area (Å²) in [4.78, 5) is 13.7. The molecule has 1 aliphatic rings. The molecule has 0 unspecified atom stereocenters. The molecule has 1 heterocycles. The molecule has 122 valence electrons. The molecule has 1 aromatic rings. The van der Waals surface area contributed by atoms with Gasteiger partial charge in [0.05, 0.1) is 12.2 Å². The van der Waals surface area contributed by atoms with E-state index in [9.17, 15) is 18.0 Å². The van der Waals surface area contributed by atoms with Crippen molar-refractivity contribution in [3.05, 3.63) is 24.3 Å². The van der Waals surface area contributed by atoms with Crippen LogP contribution in [0.5, 0.6) is 5.75 Å². The Bertz CT molecular complexity index is 526. The Hall–Kier alpha value is -1.96. The highest BCUT2D eigenvalue weighted by atomic mass is 19.4. The van der Waals surface area contributed by atoms with Crippen molar-refractivity contribution < 1.29 is 27.4 Å². The summed E-state index contributed by atoms with van der Waals surface area (Å²) in [5, 5.41) is 2.56. The molecule has 2 atom stereocenters. The molecule has 0 spiro atoms. The van der Waals surface area contributed by atoms with E-state index < -0.39 is 6.36 Å². The van der Waals surface area contributed by atoms with E-state index in [0.717, 1.165) is 6.07 Å². The molecule has 1 aromatic carbocycles. The summed E-state index contributed by atoms with van der Waals surface area (Å²) in [7, 11) is 0. The Kier molecular flexibility index (Phi) is 4.80. The zero-order valence-corrected chi connectivity index (χ0v) is 12.2. The maximum Gasteiger partial charge on any atom is 0.573 e. The van der Waals surface area contributed by atoms with Gasteiger partial charge < -0.3 is 19.7 Å². The predicted molar refractivity (Wildman–Crippen MR) is 73.7 cm³/mol. The molecule has 1 N–H and O–H groups in total. The molecule has 0 radical (unpaired) electrons. The number of hydrogen-bond donors (Lipinski definition) is 1. The summed E-state index contributed by atoms with van der Waals surface area (Å²) in [5.41, 5.74) is 0.235. The first-order valence-electron chi connectivity index (χ1n) is 6.80. The van der Waals surface area contributed by atoms with Crippen molar-refractivity contribution in [1.29, 1.82) is 0 Å². The second kappa shape index (κ2) is 6.43. The van der Waals surface area contributed by atoms with Crippen LogP contribution >= 0.6 is 0 Å². The van der Waals surface area contributed by atoms with Gasteiger partial charge >= 0.3 is 12.4 Å². The van der Waals surface area contributed by atoms with Gasteiger partial charge in [-0.25, -0.2) is 4.79 Å². The first-order valence-corrected chi connectivity index (χ1v) is 6.80. The van der Waals surface area contributed by atoms with E-state index in [4.69, 9.17) is 4.74 Å². The molecule has 2 rings (SSSR count). The van der Waals surface area contributed by atoms with Gasteiger partial charge in [-0.3, -0.25) is 0 Å². The molecule has 0 aromatic heterocycles. The van der Waals surface area contributed by atoms with Crippen LogP contribution in [0.4, 0.5) is 23.7 Å². The number of halogens is 3. The Morgan fingerprint density at radius 1 is 1.32 bits per heavy atom. The zero-order valence-electron chi connectivity index (χ0n) is 12.2. The molecule has 1 aliphatic heterocycles. The number of hydrogen-bond acceptors (Lipinski definition) is 3. The number of urea groups is 1. The van der Waals surface area contributed by atoms with Gasteiger partial charge in [-0.1, -0.05) is 6.07 Å². The second-order valence-electron chi connectivity index (χ2n) is 5.17. The molecule has 8 heteroatoms. The molecule has 0 saturated carbocycles. The van der Waals surface area contributed by atoms with Crippen LogP contribution in [0.2, 0.25) is 0 Å². The van der Waals surface area contributed by atoms with E-state index in [1.54, 1.807) is 4.90 Å². The van der Waals surface area contributed by atoms with E-state index in [1.807, 2.05) is 13.8 Å². The molecule has 1 saturated heterocycles. The Balaban J connectivity index is 2.01. The minimum Gasteiger partial charge on any atom is -0.406 e. The van der Waals surface area contributed by atoms with Crippen molar-refractivity contribution in [2.45, 2.75) is 32.4 Å². The summed E-state index contributed by atoms with van der Waals surface area (Å²) in [6.07, 6.45) is -4.94. The number of anilines is 1. The summed E-state index contributed by atoms with van der Waals surface area (Å²) >= 11 is 0. The average Bonchev–Trinajstić information content (AvgIpc) is 2.35. The lowest BCUT2D eigenvalue weighted by molar-refractivity contribution is -0.274. The quantitative estimate of drug-likeness (QED) is 0.911. The molecule has 2 amide bonds. The first-order chi connectivity index (χ1) is 10.2. The van der Waals surface area contributed by atoms with E-state index in [1.165, 1.54) is 18.2 Å². The van der Waals surface area contributed by atoms with Crippen LogP contribution in [-0.2, 0) is 4.74 Å². The monoisotopic (exact) mass is 318 g/mol. The topological polar surface area (TPSA) is 50.8 Å². The fourth-order valence-electron chi connectivity index (χ4n) is 2.32. The molecule has 0 aliphatic carbocycles. The van der Waals surface area contributed by atoms with E-state index >= 15 is 0 Å². The van der Waals surface area contributed by atoms with Crippen LogP contribution in [0.25, 0.3) is 0 Å². The maximum absolute atomic E-state index is 12.2. The Morgan fingerprint density at radius 3 is 2.55 bits per heavy atom. The van der Waals surface area contributed by atoms with Crippen molar-refractivity contribution in [3.8, 4) is 5.75 Å². The number of nitrogens with one attached hydrogen (secondary N) is 1. The second-order valence-corrected chi connectivity index (χ2v) is 5.17. The van der Waals surface area contributed by atoms with Gasteiger partial charge in [0.15, 0.2) is 0 Å². The van der Waals surface area contributed by atoms with Gasteiger partial charge in [0, 0.05) is 24.8 Å². The van der Waals surface area contributed by atoms with Crippen molar-refractivity contribution in [1.82, 2.24) is 4.90 Å². The number of amides is 2. The summed E-state index contributed by atoms with van der Waals surface area (Å²) in [6.45, 7) is 4.56. The number of carbonyl (C=O) groups is 1. The molecule has 0 bridgehead atoms. The van der Waals surface area contributed by atoms with Crippen LogP contribution in [0.3, 0.4) is 0 Å². The number of benzene rings is 1. The summed E-state index contributed by atoms with van der Waals surface area (Å²) < 4.78 is 45.9. The Labute approximate surface area is 126 Å². The largest absolute Gasteiger partial charge is 0.573 e. The van der Waals surface area contributed by atoms with Gasteiger partial charge in [0.25, 0.3) is 0 Å². The smallest absolute Gasteiger partial charge is 0.406 e. The average molecular weight is 318 g/mol. The highest BCUT2D eigenvalue weighted by Gasteiger charge is 2.31. The fraction of sp³-hybridized carbons (Fsp3) is 0.500. The first kappa shape index (κ1) is 16.4. The molecule has 22 heavy (non-hydrogen) atoms. The third-order valence-electron chi connectivity index (χ3n) is 3.03. The number of carbonyl (C=O) groups excluding carboxylic acids is 1. The van der Waals surface area contributed by atoms with E-state index in [0.29, 0.717) is 13.1 Å². The third kappa shape index (κ3) is 4.80. The number of ether oxygens (including phenoxy) is 2. The predicted octanol–water partition coefficient (Wildman–Crippen LogP) is 3.23. The Morgan fingerprint density at radius 2 is 1.95 bits per heavy atom. The highest BCUT2D eigenvalue weighted by molar-refractivity contribution is 5.89. The number of alkyl halides is 3. The molecular weight excluding hydrogens is 301 g/mol. The molecular formula is C14H17F3N2O3. The van der Waals surface area contributed by atoms with Crippen molar-refractivity contribution >= 4 is 11.7 Å². The third-order valence-corrected chi connectivity index (χ3v) is 3.03. The van der Waals surface area contributed by atoms with E-state index in [2.05, 4.69) is 10.1 Å².